The maximum atomic E-state index is 12.5. The third-order valence-electron chi connectivity index (χ3n) is 4.46. The van der Waals surface area contributed by atoms with Gasteiger partial charge in [0.1, 0.15) is 0 Å². The lowest BCUT2D eigenvalue weighted by Gasteiger charge is -2.37. The molecule has 118 valence electrons. The predicted molar refractivity (Wildman–Crippen MR) is 81.8 cm³/mol. The van der Waals surface area contributed by atoms with Crippen LogP contribution in [-0.4, -0.2) is 65.9 Å². The van der Waals surface area contributed by atoms with Crippen LogP contribution in [-0.2, 0) is 0 Å². The average molecular weight is 304 g/mol. The van der Waals surface area contributed by atoms with Crippen molar-refractivity contribution >= 4 is 11.6 Å². The number of nitrogens with zero attached hydrogens (tertiary/aromatic N) is 3. The fourth-order valence-electron chi connectivity index (χ4n) is 3.18. The van der Waals surface area contributed by atoms with Gasteiger partial charge >= 0.3 is 0 Å². The second-order valence-corrected chi connectivity index (χ2v) is 5.78. The first-order chi connectivity index (χ1) is 10.6. The number of piperazine rings is 1. The molecule has 2 aliphatic heterocycles. The molecule has 22 heavy (non-hydrogen) atoms. The molecule has 3 rings (SSSR count). The maximum Gasteiger partial charge on any atom is 0.270 e. The number of nitro groups is 1. The molecule has 1 atom stereocenters. The Morgan fingerprint density at radius 3 is 2.68 bits per heavy atom. The van der Waals surface area contributed by atoms with E-state index in [2.05, 4.69) is 10.2 Å². The number of carbonyl (C=O) groups excluding carboxylic acids is 1. The SMILES string of the molecule is O=C(c1cccc([N+](=O)[O-])c1)N1CCN(C2CCNC2)CC1. The van der Waals surface area contributed by atoms with E-state index in [-0.39, 0.29) is 11.6 Å². The minimum atomic E-state index is -0.470. The van der Waals surface area contributed by atoms with Crippen molar-refractivity contribution in [1.29, 1.82) is 0 Å². The van der Waals surface area contributed by atoms with Crippen LogP contribution in [0.2, 0.25) is 0 Å². The number of rotatable bonds is 3. The fraction of sp³-hybridized carbons (Fsp3) is 0.533. The van der Waals surface area contributed by atoms with Gasteiger partial charge in [-0.15, -0.1) is 0 Å². The largest absolute Gasteiger partial charge is 0.336 e. The first-order valence-corrected chi connectivity index (χ1v) is 7.63. The Morgan fingerprint density at radius 1 is 1.27 bits per heavy atom. The Balaban J connectivity index is 1.62. The number of hydrogen-bond donors (Lipinski definition) is 1. The van der Waals surface area contributed by atoms with Crippen LogP contribution >= 0.6 is 0 Å². The molecule has 0 saturated carbocycles. The normalized spacial score (nSPS) is 22.7. The molecule has 1 unspecified atom stereocenters. The first kappa shape index (κ1) is 14.9. The quantitative estimate of drug-likeness (QED) is 0.657. The number of non-ortho nitro benzene ring substituents is 1. The van der Waals surface area contributed by atoms with Crippen LogP contribution in [0.3, 0.4) is 0 Å². The van der Waals surface area contributed by atoms with E-state index in [0.29, 0.717) is 24.7 Å². The van der Waals surface area contributed by atoms with Gasteiger partial charge in [-0.1, -0.05) is 6.07 Å². The number of carbonyl (C=O) groups is 1. The van der Waals surface area contributed by atoms with Crippen molar-refractivity contribution in [3.8, 4) is 0 Å². The molecule has 2 aliphatic rings. The van der Waals surface area contributed by atoms with Crippen LogP contribution in [0.1, 0.15) is 16.8 Å². The summed E-state index contributed by atoms with van der Waals surface area (Å²) in [5, 5.41) is 14.2. The predicted octanol–water partition coefficient (Wildman–Crippen LogP) is 0.714. The topological polar surface area (TPSA) is 78.7 Å². The van der Waals surface area contributed by atoms with Crippen molar-refractivity contribution < 1.29 is 9.72 Å². The van der Waals surface area contributed by atoms with Crippen LogP contribution in [0.25, 0.3) is 0 Å². The van der Waals surface area contributed by atoms with Gasteiger partial charge in [0.05, 0.1) is 4.92 Å². The number of amides is 1. The Bertz CT molecular complexity index is 564. The molecule has 0 spiro atoms. The van der Waals surface area contributed by atoms with Crippen molar-refractivity contribution in [3.05, 3.63) is 39.9 Å². The zero-order chi connectivity index (χ0) is 15.5. The number of nitrogens with one attached hydrogen (secondary N) is 1. The highest BCUT2D eigenvalue weighted by atomic mass is 16.6. The monoisotopic (exact) mass is 304 g/mol. The molecule has 0 aliphatic carbocycles. The van der Waals surface area contributed by atoms with Crippen molar-refractivity contribution in [2.24, 2.45) is 0 Å². The minimum Gasteiger partial charge on any atom is -0.336 e. The molecule has 1 N–H and O–H groups in total. The molecule has 2 fully saturated rings. The van der Waals surface area contributed by atoms with E-state index in [1.807, 2.05) is 0 Å². The number of benzene rings is 1. The molecule has 0 bridgehead atoms. The third kappa shape index (κ3) is 3.10. The molecule has 1 amide bonds. The van der Waals surface area contributed by atoms with Gasteiger partial charge in [0, 0.05) is 56.5 Å². The highest BCUT2D eigenvalue weighted by molar-refractivity contribution is 5.94. The van der Waals surface area contributed by atoms with Crippen LogP contribution in [0.15, 0.2) is 24.3 Å². The second-order valence-electron chi connectivity index (χ2n) is 5.78. The second kappa shape index (κ2) is 6.41. The van der Waals surface area contributed by atoms with Crippen molar-refractivity contribution in [2.45, 2.75) is 12.5 Å². The van der Waals surface area contributed by atoms with E-state index in [0.717, 1.165) is 26.2 Å². The first-order valence-electron chi connectivity index (χ1n) is 7.63. The lowest BCUT2D eigenvalue weighted by molar-refractivity contribution is -0.384. The summed E-state index contributed by atoms with van der Waals surface area (Å²) in [6.07, 6.45) is 1.17. The van der Waals surface area contributed by atoms with E-state index < -0.39 is 4.92 Å². The van der Waals surface area contributed by atoms with E-state index in [1.54, 1.807) is 17.0 Å². The molecule has 7 heteroatoms. The van der Waals surface area contributed by atoms with Gasteiger partial charge in [-0.2, -0.15) is 0 Å². The molecule has 2 heterocycles. The van der Waals surface area contributed by atoms with Gasteiger partial charge < -0.3 is 10.2 Å². The molecule has 0 aromatic heterocycles. The summed E-state index contributed by atoms with van der Waals surface area (Å²) < 4.78 is 0. The van der Waals surface area contributed by atoms with Gasteiger partial charge in [0.15, 0.2) is 0 Å². The molecular weight excluding hydrogens is 284 g/mol. The highest BCUT2D eigenvalue weighted by Crippen LogP contribution is 2.17. The van der Waals surface area contributed by atoms with Crippen LogP contribution < -0.4 is 5.32 Å². The van der Waals surface area contributed by atoms with Crippen molar-refractivity contribution in [2.75, 3.05) is 39.3 Å². The van der Waals surface area contributed by atoms with Gasteiger partial charge in [-0.05, 0) is 19.0 Å². The van der Waals surface area contributed by atoms with Crippen LogP contribution in [0, 0.1) is 10.1 Å². The lowest BCUT2D eigenvalue weighted by Crippen LogP contribution is -2.52. The van der Waals surface area contributed by atoms with Crippen molar-refractivity contribution in [1.82, 2.24) is 15.1 Å². The molecule has 1 aromatic rings. The summed E-state index contributed by atoms with van der Waals surface area (Å²) in [6.45, 7) is 5.19. The lowest BCUT2D eigenvalue weighted by atomic mass is 10.1. The molecule has 2 saturated heterocycles. The third-order valence-corrected chi connectivity index (χ3v) is 4.46. The Morgan fingerprint density at radius 2 is 2.05 bits per heavy atom. The summed E-state index contributed by atoms with van der Waals surface area (Å²) in [5.74, 6) is -0.118. The Labute approximate surface area is 129 Å². The van der Waals surface area contributed by atoms with E-state index in [9.17, 15) is 14.9 Å². The molecule has 1 aromatic carbocycles. The number of nitro benzene ring substituents is 1. The Kier molecular flexibility index (Phi) is 4.35. The standard InChI is InChI=1S/C15H20N4O3/c20-15(12-2-1-3-13(10-12)19(21)22)18-8-6-17(7-9-18)14-4-5-16-11-14/h1-3,10,14,16H,4-9,11H2. The van der Waals surface area contributed by atoms with Gasteiger partial charge in [0.25, 0.3) is 11.6 Å². The fourth-order valence-corrected chi connectivity index (χ4v) is 3.18. The average Bonchev–Trinajstić information content (AvgIpc) is 3.09. The van der Waals surface area contributed by atoms with Gasteiger partial charge in [0.2, 0.25) is 0 Å². The summed E-state index contributed by atoms with van der Waals surface area (Å²) in [4.78, 5) is 27.0. The summed E-state index contributed by atoms with van der Waals surface area (Å²) in [6, 6.07) is 6.54. The van der Waals surface area contributed by atoms with E-state index in [4.69, 9.17) is 0 Å². The molecular formula is C15H20N4O3. The number of hydrogen-bond acceptors (Lipinski definition) is 5. The van der Waals surface area contributed by atoms with Gasteiger partial charge in [-0.25, -0.2) is 0 Å². The zero-order valence-corrected chi connectivity index (χ0v) is 12.4. The highest BCUT2D eigenvalue weighted by Gasteiger charge is 2.28. The minimum absolute atomic E-state index is 0.0403. The zero-order valence-electron chi connectivity index (χ0n) is 12.4. The smallest absolute Gasteiger partial charge is 0.270 e. The molecule has 0 radical (unpaired) electrons. The maximum absolute atomic E-state index is 12.5. The van der Waals surface area contributed by atoms with Gasteiger partial charge in [-0.3, -0.25) is 19.8 Å². The van der Waals surface area contributed by atoms with E-state index >= 15 is 0 Å². The van der Waals surface area contributed by atoms with Crippen LogP contribution in [0.4, 0.5) is 5.69 Å². The van der Waals surface area contributed by atoms with Crippen LogP contribution in [0.5, 0.6) is 0 Å². The molecule has 7 nitrogen and oxygen atoms in total. The summed E-state index contributed by atoms with van der Waals surface area (Å²) in [5.41, 5.74) is 0.353. The van der Waals surface area contributed by atoms with Crippen molar-refractivity contribution in [3.63, 3.8) is 0 Å². The summed E-state index contributed by atoms with van der Waals surface area (Å²) in [7, 11) is 0. The Hall–Kier alpha value is -1.99. The van der Waals surface area contributed by atoms with E-state index in [1.165, 1.54) is 18.6 Å². The summed E-state index contributed by atoms with van der Waals surface area (Å²) >= 11 is 0.